The van der Waals surface area contributed by atoms with Crippen molar-refractivity contribution in [1.29, 1.82) is 0 Å². The van der Waals surface area contributed by atoms with E-state index >= 15 is 0 Å². The molecule has 0 bridgehead atoms. The SMILES string of the molecule is CC(S)C(CS)C(=O)[O-].CC(S)C(CS)C(=O)[O-].CC(S)C(CS)C(=O)[O-].CCCCCCCCCCC[CH2][Sn+3]. The standard InChI is InChI=1S/C12H25.3C5H10O2S2.Sn/c1-3-5-7-9-11-12-10-8-6-4-2;3*1-3(9)4(2-8)5(6)7;/h1,3-12H2,2H3;3*3-4,8-9H,2H2,1H3,(H,6,7);/q;;;;+3/p-3. The third-order valence-corrected chi connectivity index (χ3v) is 9.04. The average molecular weight is 784 g/mol. The van der Waals surface area contributed by atoms with E-state index in [1.54, 1.807) is 43.3 Å². The third kappa shape index (κ3) is 33.8. The van der Waals surface area contributed by atoms with Crippen LogP contribution in [-0.4, -0.2) is 73.4 Å². The summed E-state index contributed by atoms with van der Waals surface area (Å²) in [6.07, 6.45) is 14.7. The van der Waals surface area contributed by atoms with Gasteiger partial charge in [-0.05, 0) is 17.3 Å². The number of hydrogen-bond acceptors (Lipinski definition) is 12. The van der Waals surface area contributed by atoms with Crippen molar-refractivity contribution >= 4 is 116 Å². The van der Waals surface area contributed by atoms with Gasteiger partial charge in [0.1, 0.15) is 0 Å². The predicted octanol–water partition coefficient (Wildman–Crippen LogP) is 3.30. The molecule has 0 aliphatic carbocycles. The van der Waals surface area contributed by atoms with Crippen molar-refractivity contribution in [2.45, 2.75) is 112 Å². The minimum atomic E-state index is -1.08. The molecule has 0 heterocycles. The van der Waals surface area contributed by atoms with E-state index < -0.39 is 35.7 Å². The zero-order valence-corrected chi connectivity index (χ0v) is 32.7. The summed E-state index contributed by atoms with van der Waals surface area (Å²) >= 11 is 25.0. The summed E-state index contributed by atoms with van der Waals surface area (Å²) in [6.45, 7) is 7.41. The molecule has 0 aromatic rings. The van der Waals surface area contributed by atoms with Crippen molar-refractivity contribution in [1.82, 2.24) is 0 Å². The number of thiol groups is 6. The van der Waals surface area contributed by atoms with Crippen molar-refractivity contribution in [3.8, 4) is 0 Å². The molecule has 0 radical (unpaired) electrons. The topological polar surface area (TPSA) is 120 Å². The van der Waals surface area contributed by atoms with Crippen LogP contribution in [0, 0.1) is 17.8 Å². The number of unbranched alkanes of at least 4 members (excludes halogenated alkanes) is 9. The molecule has 0 saturated carbocycles. The summed E-state index contributed by atoms with van der Waals surface area (Å²) in [5.74, 6) is -4.01. The van der Waals surface area contributed by atoms with E-state index in [-0.39, 0.29) is 33.0 Å². The Bertz CT molecular complexity index is 528. The molecule has 0 aromatic heterocycles. The van der Waals surface area contributed by atoms with Gasteiger partial charge in [-0.2, -0.15) is 75.8 Å². The van der Waals surface area contributed by atoms with Gasteiger partial charge < -0.3 is 29.7 Å². The fourth-order valence-electron chi connectivity index (χ4n) is 2.88. The molecule has 0 aromatic carbocycles. The average Bonchev–Trinajstić information content (AvgIpc) is 2.84. The van der Waals surface area contributed by atoms with E-state index in [9.17, 15) is 29.7 Å². The Morgan fingerprint density at radius 1 is 0.550 bits per heavy atom. The van der Waals surface area contributed by atoms with Crippen LogP contribution in [0.4, 0.5) is 0 Å². The van der Waals surface area contributed by atoms with E-state index in [0.29, 0.717) is 0 Å². The first-order valence-electron chi connectivity index (χ1n) is 13.8. The van der Waals surface area contributed by atoms with Gasteiger partial charge in [0, 0.05) is 51.4 Å². The van der Waals surface area contributed by atoms with Crippen molar-refractivity contribution < 1.29 is 29.7 Å². The fraction of sp³-hybridized carbons (Fsp3) is 0.889. The Hall–Kier alpha value is 1.31. The normalized spacial score (nSPS) is 14.8. The summed E-state index contributed by atoms with van der Waals surface area (Å²) in [6, 6.07) is 0. The number of carboxylic acids is 3. The van der Waals surface area contributed by atoms with E-state index in [4.69, 9.17) is 0 Å². The van der Waals surface area contributed by atoms with Crippen LogP contribution in [0.25, 0.3) is 0 Å². The minimum absolute atomic E-state index is 0.188. The third-order valence-electron chi connectivity index (χ3n) is 5.78. The van der Waals surface area contributed by atoms with Gasteiger partial charge in [-0.15, -0.1) is 0 Å². The molecular weight excluding hydrogens is 731 g/mol. The molecular formula is C27H52O6S6Sn. The van der Waals surface area contributed by atoms with Crippen LogP contribution in [0.15, 0.2) is 0 Å². The van der Waals surface area contributed by atoms with E-state index in [0.717, 1.165) is 0 Å². The first-order chi connectivity index (χ1) is 18.7. The number of rotatable bonds is 19. The molecule has 0 saturated heterocycles. The first-order valence-corrected chi connectivity index (χ1v) is 19.3. The van der Waals surface area contributed by atoms with Gasteiger partial charge in [0.2, 0.25) is 0 Å². The second kappa shape index (κ2) is 34.8. The summed E-state index contributed by atoms with van der Waals surface area (Å²) in [5, 5.41) is 29.9. The van der Waals surface area contributed by atoms with Crippen molar-refractivity contribution in [3.05, 3.63) is 0 Å². The molecule has 13 heteroatoms. The van der Waals surface area contributed by atoms with Crippen LogP contribution in [0.3, 0.4) is 0 Å². The molecule has 6 atom stereocenters. The van der Waals surface area contributed by atoms with Crippen molar-refractivity contribution in [3.63, 3.8) is 0 Å². The Kier molecular flexibility index (Phi) is 41.9. The maximum atomic E-state index is 10.2. The Morgan fingerprint density at radius 3 is 0.900 bits per heavy atom. The molecule has 0 aliphatic heterocycles. The zero-order valence-electron chi connectivity index (χ0n) is 24.5. The summed E-state index contributed by atoms with van der Waals surface area (Å²) in [7, 11) is 0. The van der Waals surface area contributed by atoms with Gasteiger partial charge in [0.05, 0.1) is 0 Å². The number of hydrogen-bond donors (Lipinski definition) is 6. The first kappa shape index (κ1) is 48.2. The second-order valence-electron chi connectivity index (χ2n) is 9.48. The zero-order chi connectivity index (χ0) is 32.1. The van der Waals surface area contributed by atoms with Crippen LogP contribution < -0.4 is 15.3 Å². The molecule has 40 heavy (non-hydrogen) atoms. The van der Waals surface area contributed by atoms with E-state index in [1.807, 2.05) is 0 Å². The molecule has 0 rings (SSSR count). The monoisotopic (exact) mass is 784 g/mol. The molecule has 0 fully saturated rings. The van der Waals surface area contributed by atoms with Gasteiger partial charge in [-0.25, -0.2) is 0 Å². The summed E-state index contributed by atoms with van der Waals surface area (Å²) in [5.41, 5.74) is 0. The van der Waals surface area contributed by atoms with Gasteiger partial charge in [-0.3, -0.25) is 0 Å². The molecule has 6 nitrogen and oxygen atoms in total. The molecule has 0 spiro atoms. The van der Waals surface area contributed by atoms with Gasteiger partial charge >= 0.3 is 98.1 Å². The number of carbonyl (C=O) groups is 3. The second-order valence-corrected chi connectivity index (χ2v) is 14.4. The van der Waals surface area contributed by atoms with Crippen molar-refractivity contribution in [2.75, 3.05) is 17.3 Å². The molecule has 6 unspecified atom stereocenters. The van der Waals surface area contributed by atoms with Crippen LogP contribution in [0.1, 0.15) is 91.9 Å². The van der Waals surface area contributed by atoms with Gasteiger partial charge in [-0.1, -0.05) is 20.8 Å². The quantitative estimate of drug-likeness (QED) is 0.0681. The van der Waals surface area contributed by atoms with Gasteiger partial charge in [0.25, 0.3) is 0 Å². The molecule has 0 aliphatic rings. The van der Waals surface area contributed by atoms with Gasteiger partial charge in [0.15, 0.2) is 0 Å². The van der Waals surface area contributed by atoms with Crippen LogP contribution >= 0.6 is 75.8 Å². The molecule has 0 amide bonds. The maximum absolute atomic E-state index is 10.2. The Labute approximate surface area is 290 Å². The molecule has 0 N–H and O–H groups in total. The summed E-state index contributed by atoms with van der Waals surface area (Å²) in [4.78, 5) is 30.5. The van der Waals surface area contributed by atoms with Crippen LogP contribution in [-0.2, 0) is 14.4 Å². The van der Waals surface area contributed by atoms with E-state index in [1.165, 1.54) is 68.6 Å². The van der Waals surface area contributed by atoms with Crippen LogP contribution in [0.2, 0.25) is 4.44 Å². The summed E-state index contributed by atoms with van der Waals surface area (Å²) < 4.78 is 1.46. The molecule has 236 valence electrons. The Balaban J connectivity index is -0.000000219. The predicted molar refractivity (Wildman–Crippen MR) is 185 cm³/mol. The number of aliphatic carboxylic acids is 3. The Morgan fingerprint density at radius 2 is 0.775 bits per heavy atom. The van der Waals surface area contributed by atoms with Crippen molar-refractivity contribution in [2.24, 2.45) is 17.8 Å². The van der Waals surface area contributed by atoms with Crippen LogP contribution in [0.5, 0.6) is 0 Å². The fourth-order valence-corrected chi connectivity index (χ4v) is 6.17. The number of carbonyl (C=O) groups excluding carboxylic acids is 3. The van der Waals surface area contributed by atoms with E-state index in [2.05, 4.69) is 82.7 Å². The number of carboxylic acid groups (broad SMARTS) is 3.